The average Bonchev–Trinajstić information content (AvgIpc) is 3.50. The van der Waals surface area contributed by atoms with Gasteiger partial charge in [-0.2, -0.15) is 0 Å². The van der Waals surface area contributed by atoms with Crippen molar-refractivity contribution in [3.8, 4) is 27.9 Å². The molecule has 48 heavy (non-hydrogen) atoms. The second kappa shape index (κ2) is 11.8. The van der Waals surface area contributed by atoms with Gasteiger partial charge in [0.05, 0.1) is 16.7 Å². The quantitative estimate of drug-likeness (QED) is 0.181. The number of anilines is 3. The molecule has 0 N–H and O–H groups in total. The summed E-state index contributed by atoms with van der Waals surface area (Å²) in [5.41, 5.74) is 11.7. The molecule has 0 bridgehead atoms. The fourth-order valence-corrected chi connectivity index (χ4v) is 7.17. The van der Waals surface area contributed by atoms with Crippen LogP contribution in [-0.2, 0) is 0 Å². The summed E-state index contributed by atoms with van der Waals surface area (Å²) in [6.45, 7) is 0. The normalized spacial score (nSPS) is 11.3. The highest BCUT2D eigenvalue weighted by Crippen LogP contribution is 2.43. The third-order valence-corrected chi connectivity index (χ3v) is 9.40. The molecule has 0 radical (unpaired) electrons. The van der Waals surface area contributed by atoms with E-state index in [1.54, 1.807) is 0 Å². The van der Waals surface area contributed by atoms with E-state index in [-0.39, 0.29) is 0 Å². The van der Waals surface area contributed by atoms with E-state index in [2.05, 4.69) is 204 Å². The van der Waals surface area contributed by atoms with Crippen molar-refractivity contribution in [1.82, 2.24) is 4.57 Å². The number of hydrogen-bond donors (Lipinski definition) is 0. The van der Waals surface area contributed by atoms with Crippen LogP contribution in [0.2, 0.25) is 0 Å². The first-order chi connectivity index (χ1) is 23.8. The summed E-state index contributed by atoms with van der Waals surface area (Å²) in [7, 11) is 0. The van der Waals surface area contributed by atoms with Gasteiger partial charge in [-0.25, -0.2) is 0 Å². The summed E-state index contributed by atoms with van der Waals surface area (Å²) in [6, 6.07) is 69.9. The molecule has 0 aliphatic heterocycles. The van der Waals surface area contributed by atoms with Gasteiger partial charge in [0.15, 0.2) is 0 Å². The number of aromatic nitrogens is 1. The highest BCUT2D eigenvalue weighted by molar-refractivity contribution is 6.09. The number of para-hydroxylation sites is 3. The molecule has 0 aliphatic carbocycles. The monoisotopic (exact) mass is 612 g/mol. The number of rotatable bonds is 6. The van der Waals surface area contributed by atoms with Crippen molar-refractivity contribution in [2.24, 2.45) is 0 Å². The van der Waals surface area contributed by atoms with Crippen LogP contribution in [0.25, 0.3) is 60.5 Å². The van der Waals surface area contributed by atoms with Crippen molar-refractivity contribution in [3.63, 3.8) is 0 Å². The Balaban J connectivity index is 1.22. The zero-order valence-electron chi connectivity index (χ0n) is 26.4. The Bertz CT molecular complexity index is 2480. The molecule has 1 heterocycles. The van der Waals surface area contributed by atoms with Gasteiger partial charge < -0.3 is 9.47 Å². The number of hydrogen-bond acceptors (Lipinski definition) is 1. The second-order valence-corrected chi connectivity index (χ2v) is 12.2. The summed E-state index contributed by atoms with van der Waals surface area (Å²) in [6.07, 6.45) is 0. The third-order valence-electron chi connectivity index (χ3n) is 9.40. The molecule has 1 aromatic heterocycles. The Kier molecular flexibility index (Phi) is 6.84. The molecule has 2 heteroatoms. The minimum absolute atomic E-state index is 1.10. The van der Waals surface area contributed by atoms with Gasteiger partial charge in [-0.05, 0) is 82.1 Å². The van der Waals surface area contributed by atoms with Crippen molar-refractivity contribution in [3.05, 3.63) is 194 Å². The molecule has 0 unspecified atom stereocenters. The topological polar surface area (TPSA) is 8.17 Å². The summed E-state index contributed by atoms with van der Waals surface area (Å²) in [5, 5.41) is 5.01. The Morgan fingerprint density at radius 1 is 0.333 bits per heavy atom. The van der Waals surface area contributed by atoms with Gasteiger partial charge in [0.1, 0.15) is 0 Å². The Labute approximate surface area is 280 Å². The molecule has 2 nitrogen and oxygen atoms in total. The molecule has 0 amide bonds. The number of fused-ring (bicyclic) bond motifs is 4. The molecule has 0 spiro atoms. The SMILES string of the molecule is c1ccc(-c2ccc(N(c3ccc(-n4c5ccccc5c5ccccc54)cc3)c3ccccc3-c3cccc4ccccc34)cc2)cc1. The van der Waals surface area contributed by atoms with Crippen molar-refractivity contribution in [2.75, 3.05) is 4.90 Å². The first kappa shape index (κ1) is 27.9. The van der Waals surface area contributed by atoms with Crippen molar-refractivity contribution < 1.29 is 0 Å². The van der Waals surface area contributed by atoms with Crippen LogP contribution in [0.3, 0.4) is 0 Å². The summed E-state index contributed by atoms with van der Waals surface area (Å²) in [4.78, 5) is 2.39. The van der Waals surface area contributed by atoms with Gasteiger partial charge >= 0.3 is 0 Å². The maximum Gasteiger partial charge on any atom is 0.0541 e. The van der Waals surface area contributed by atoms with Gasteiger partial charge in [0, 0.05) is 33.4 Å². The van der Waals surface area contributed by atoms with Crippen LogP contribution in [0, 0.1) is 0 Å². The molecule has 0 fully saturated rings. The predicted octanol–water partition coefficient (Wildman–Crippen LogP) is 12.7. The second-order valence-electron chi connectivity index (χ2n) is 12.2. The summed E-state index contributed by atoms with van der Waals surface area (Å²) >= 11 is 0. The minimum Gasteiger partial charge on any atom is -0.310 e. The van der Waals surface area contributed by atoms with E-state index in [0.717, 1.165) is 22.7 Å². The summed E-state index contributed by atoms with van der Waals surface area (Å²) in [5.74, 6) is 0. The average molecular weight is 613 g/mol. The van der Waals surface area contributed by atoms with Crippen LogP contribution < -0.4 is 4.90 Å². The lowest BCUT2D eigenvalue weighted by molar-refractivity contribution is 1.17. The van der Waals surface area contributed by atoms with Gasteiger partial charge in [-0.15, -0.1) is 0 Å². The smallest absolute Gasteiger partial charge is 0.0541 e. The Morgan fingerprint density at radius 2 is 0.833 bits per heavy atom. The Hall–Kier alpha value is -6.38. The molecule has 226 valence electrons. The van der Waals surface area contributed by atoms with Gasteiger partial charge in [-0.3, -0.25) is 0 Å². The van der Waals surface area contributed by atoms with Crippen LogP contribution in [0.15, 0.2) is 194 Å². The van der Waals surface area contributed by atoms with Crippen LogP contribution in [0.4, 0.5) is 17.1 Å². The van der Waals surface area contributed by atoms with Crippen molar-refractivity contribution in [2.45, 2.75) is 0 Å². The van der Waals surface area contributed by atoms with Crippen LogP contribution in [0.1, 0.15) is 0 Å². The molecule has 9 aromatic rings. The van der Waals surface area contributed by atoms with Gasteiger partial charge in [-0.1, -0.05) is 140 Å². The van der Waals surface area contributed by atoms with Crippen LogP contribution in [-0.4, -0.2) is 4.57 Å². The molecular formula is C46H32N2. The number of benzene rings is 8. The van der Waals surface area contributed by atoms with E-state index in [1.165, 1.54) is 54.8 Å². The van der Waals surface area contributed by atoms with Crippen LogP contribution in [0.5, 0.6) is 0 Å². The fourth-order valence-electron chi connectivity index (χ4n) is 7.17. The minimum atomic E-state index is 1.10. The fraction of sp³-hybridized carbons (Fsp3) is 0. The van der Waals surface area contributed by atoms with E-state index in [0.29, 0.717) is 0 Å². The first-order valence-corrected chi connectivity index (χ1v) is 16.4. The number of nitrogens with zero attached hydrogens (tertiary/aromatic N) is 2. The standard InChI is InChI=1S/C46H32N2/c1-2-13-33(14-3-1)34-25-27-36(28-26-34)47(44-22-9-6-18-41(44)40-21-12-16-35-15-4-5-17-39(35)40)37-29-31-38(32-30-37)48-45-23-10-7-19-42(45)43-20-8-11-24-46(43)48/h1-32H. The van der Waals surface area contributed by atoms with Gasteiger partial charge in [0.25, 0.3) is 0 Å². The highest BCUT2D eigenvalue weighted by atomic mass is 15.1. The molecule has 9 rings (SSSR count). The molecule has 0 aliphatic rings. The zero-order chi connectivity index (χ0) is 31.9. The van der Waals surface area contributed by atoms with E-state index in [4.69, 9.17) is 0 Å². The van der Waals surface area contributed by atoms with E-state index >= 15 is 0 Å². The lowest BCUT2D eigenvalue weighted by Gasteiger charge is -2.28. The lowest BCUT2D eigenvalue weighted by atomic mass is 9.96. The van der Waals surface area contributed by atoms with Crippen molar-refractivity contribution in [1.29, 1.82) is 0 Å². The predicted molar refractivity (Wildman–Crippen MR) is 204 cm³/mol. The first-order valence-electron chi connectivity index (χ1n) is 16.4. The highest BCUT2D eigenvalue weighted by Gasteiger charge is 2.19. The van der Waals surface area contributed by atoms with E-state index < -0.39 is 0 Å². The van der Waals surface area contributed by atoms with E-state index in [1.807, 2.05) is 0 Å². The third kappa shape index (κ3) is 4.74. The molecule has 0 atom stereocenters. The molecular weight excluding hydrogens is 581 g/mol. The molecule has 0 saturated heterocycles. The summed E-state index contributed by atoms with van der Waals surface area (Å²) < 4.78 is 2.37. The Morgan fingerprint density at radius 3 is 1.54 bits per heavy atom. The molecule has 8 aromatic carbocycles. The van der Waals surface area contributed by atoms with E-state index in [9.17, 15) is 0 Å². The largest absolute Gasteiger partial charge is 0.310 e. The van der Waals surface area contributed by atoms with Crippen molar-refractivity contribution >= 4 is 49.6 Å². The molecule has 0 saturated carbocycles. The van der Waals surface area contributed by atoms with Crippen LogP contribution >= 0.6 is 0 Å². The zero-order valence-corrected chi connectivity index (χ0v) is 26.4. The maximum atomic E-state index is 2.39. The maximum absolute atomic E-state index is 2.39. The van der Waals surface area contributed by atoms with Gasteiger partial charge in [0.2, 0.25) is 0 Å². The lowest BCUT2D eigenvalue weighted by Crippen LogP contribution is -2.11.